The molecule has 4 nitrogen and oxygen atoms in total. The maximum Gasteiger partial charge on any atom is 0.251 e. The third-order valence-electron chi connectivity index (χ3n) is 5.32. The van der Waals surface area contributed by atoms with Crippen LogP contribution in [0.15, 0.2) is 46.8 Å². The third-order valence-corrected chi connectivity index (χ3v) is 5.32. The van der Waals surface area contributed by atoms with Gasteiger partial charge in [0.2, 0.25) is 0 Å². The summed E-state index contributed by atoms with van der Waals surface area (Å²) in [5, 5.41) is 9.90. The summed E-state index contributed by atoms with van der Waals surface area (Å²) >= 11 is 0. The van der Waals surface area contributed by atoms with E-state index >= 15 is 0 Å². The Kier molecular flexibility index (Phi) is 7.11. The normalized spacial score (nSPS) is 15.5. The van der Waals surface area contributed by atoms with Crippen LogP contribution in [0.25, 0.3) is 0 Å². The van der Waals surface area contributed by atoms with Crippen LogP contribution in [0, 0.1) is 6.92 Å². The Hall–Kier alpha value is -2.23. The minimum atomic E-state index is 0.00721. The molecule has 0 atom stereocenters. The van der Waals surface area contributed by atoms with Gasteiger partial charge in [-0.15, -0.1) is 0 Å². The van der Waals surface area contributed by atoms with Crippen LogP contribution in [0.1, 0.15) is 58.1 Å². The lowest BCUT2D eigenvalue weighted by Gasteiger charge is -2.21. The van der Waals surface area contributed by atoms with Crippen LogP contribution in [-0.2, 0) is 11.2 Å². The molecule has 1 aromatic carbocycles. The number of carbonyl (C=O) groups is 1. The minimum absolute atomic E-state index is 0.00721. The van der Waals surface area contributed by atoms with E-state index in [2.05, 4.69) is 54.1 Å². The first-order valence-electron chi connectivity index (χ1n) is 9.95. The molecule has 1 aliphatic carbocycles. The average molecular weight is 370 g/mol. The Morgan fingerprint density at radius 2 is 1.81 bits per heavy atom. The van der Waals surface area contributed by atoms with Crippen molar-refractivity contribution in [2.45, 2.75) is 65.8 Å². The number of rotatable bonds is 9. The van der Waals surface area contributed by atoms with Crippen LogP contribution >= 0.6 is 0 Å². The van der Waals surface area contributed by atoms with Gasteiger partial charge in [0.25, 0.3) is 5.91 Å². The van der Waals surface area contributed by atoms with E-state index in [0.717, 1.165) is 35.4 Å². The van der Waals surface area contributed by atoms with Gasteiger partial charge in [0.05, 0.1) is 0 Å². The van der Waals surface area contributed by atoms with Gasteiger partial charge in [-0.3, -0.25) is 4.79 Å². The van der Waals surface area contributed by atoms with Crippen molar-refractivity contribution in [3.05, 3.63) is 57.9 Å². The van der Waals surface area contributed by atoms with Gasteiger partial charge in [-0.05, 0) is 71.4 Å². The molecule has 148 valence electrons. The second-order valence-corrected chi connectivity index (χ2v) is 8.10. The van der Waals surface area contributed by atoms with E-state index in [9.17, 15) is 4.79 Å². The monoisotopic (exact) mass is 369 g/mol. The lowest BCUT2D eigenvalue weighted by atomic mass is 10.0. The Morgan fingerprint density at radius 3 is 2.37 bits per heavy atom. The molecule has 1 fully saturated rings. The molecule has 2 rings (SSSR count). The van der Waals surface area contributed by atoms with Crippen LogP contribution in [0.4, 0.5) is 0 Å². The van der Waals surface area contributed by atoms with E-state index in [1.807, 2.05) is 27.8 Å². The quantitative estimate of drug-likeness (QED) is 0.351. The number of benzene rings is 1. The van der Waals surface area contributed by atoms with Gasteiger partial charge >= 0.3 is 0 Å². The Labute approximate surface area is 164 Å². The fraction of sp³-hybridized carbons (Fsp3) is 0.522. The Balaban J connectivity index is 1.98. The zero-order chi connectivity index (χ0) is 20.0. The zero-order valence-corrected chi connectivity index (χ0v) is 17.8. The first-order chi connectivity index (χ1) is 12.8. The standard InChI is InChI=1S/C23H35N3O/c1-16(2)20(18(4)21(24-6)26-23(5)13-14-23)22(27)25-15-9-12-19-11-8-7-10-17(19)3/h7-8,10-11,24,26H,9,12-15H2,1-6H3,(H,25,27)/b21-18-. The van der Waals surface area contributed by atoms with Crippen LogP contribution in [0.5, 0.6) is 0 Å². The largest absolute Gasteiger partial charge is 0.375 e. The van der Waals surface area contributed by atoms with Crippen molar-refractivity contribution < 1.29 is 4.79 Å². The van der Waals surface area contributed by atoms with E-state index in [1.54, 1.807) is 0 Å². The second kappa shape index (κ2) is 9.12. The van der Waals surface area contributed by atoms with Crippen molar-refractivity contribution >= 4 is 5.91 Å². The van der Waals surface area contributed by atoms with Crippen LogP contribution in [0.2, 0.25) is 0 Å². The van der Waals surface area contributed by atoms with Gasteiger partial charge in [0.1, 0.15) is 5.82 Å². The Bertz CT molecular complexity index is 738. The Morgan fingerprint density at radius 1 is 1.15 bits per heavy atom. The van der Waals surface area contributed by atoms with Crippen LogP contribution in [-0.4, -0.2) is 25.0 Å². The molecular weight excluding hydrogens is 334 g/mol. The smallest absolute Gasteiger partial charge is 0.251 e. The fourth-order valence-electron chi connectivity index (χ4n) is 3.32. The van der Waals surface area contributed by atoms with Crippen LogP contribution in [0.3, 0.4) is 0 Å². The summed E-state index contributed by atoms with van der Waals surface area (Å²) in [6.07, 6.45) is 4.25. The molecule has 1 aromatic rings. The molecule has 1 aliphatic rings. The van der Waals surface area contributed by atoms with Crippen molar-refractivity contribution in [3.8, 4) is 0 Å². The summed E-state index contributed by atoms with van der Waals surface area (Å²) < 4.78 is 0. The first kappa shape index (κ1) is 21.1. The maximum atomic E-state index is 12.8. The molecular formula is C23H35N3O. The molecule has 4 heteroatoms. The highest BCUT2D eigenvalue weighted by Crippen LogP contribution is 2.35. The SMILES string of the molecule is CN/C(NC1(C)CC1)=C(\C)C(C(=O)NCCCc1ccccc1C)=C(C)C. The predicted molar refractivity (Wildman–Crippen MR) is 113 cm³/mol. The molecule has 0 radical (unpaired) electrons. The number of allylic oxidation sites excluding steroid dienone is 1. The van der Waals surface area contributed by atoms with Gasteiger partial charge in [-0.1, -0.05) is 29.8 Å². The van der Waals surface area contributed by atoms with E-state index in [-0.39, 0.29) is 11.4 Å². The summed E-state index contributed by atoms with van der Waals surface area (Å²) in [6.45, 7) is 11.0. The minimum Gasteiger partial charge on any atom is -0.375 e. The molecule has 3 N–H and O–H groups in total. The summed E-state index contributed by atoms with van der Waals surface area (Å²) in [4.78, 5) is 12.8. The predicted octanol–water partition coefficient (Wildman–Crippen LogP) is 3.97. The van der Waals surface area contributed by atoms with Gasteiger partial charge < -0.3 is 16.0 Å². The molecule has 1 saturated carbocycles. The number of aryl methyl sites for hydroxylation is 2. The molecule has 0 aliphatic heterocycles. The topological polar surface area (TPSA) is 53.2 Å². The van der Waals surface area contributed by atoms with Crippen LogP contribution < -0.4 is 16.0 Å². The van der Waals surface area contributed by atoms with Gasteiger partial charge in [-0.2, -0.15) is 0 Å². The highest BCUT2D eigenvalue weighted by atomic mass is 16.1. The van der Waals surface area contributed by atoms with E-state index in [1.165, 1.54) is 24.0 Å². The second-order valence-electron chi connectivity index (χ2n) is 8.10. The molecule has 27 heavy (non-hydrogen) atoms. The molecule has 0 heterocycles. The maximum absolute atomic E-state index is 12.8. The lowest BCUT2D eigenvalue weighted by Crippen LogP contribution is -2.36. The van der Waals surface area contributed by atoms with E-state index in [4.69, 9.17) is 0 Å². The summed E-state index contributed by atoms with van der Waals surface area (Å²) in [5.74, 6) is 0.953. The molecule has 1 amide bonds. The molecule has 0 saturated heterocycles. The van der Waals surface area contributed by atoms with E-state index in [0.29, 0.717) is 6.54 Å². The molecule has 0 aromatic heterocycles. The van der Waals surface area contributed by atoms with Gasteiger partial charge in [-0.25, -0.2) is 0 Å². The number of amides is 1. The summed E-state index contributed by atoms with van der Waals surface area (Å²) in [5.41, 5.74) is 5.60. The number of nitrogens with one attached hydrogen (secondary N) is 3. The lowest BCUT2D eigenvalue weighted by molar-refractivity contribution is -0.117. The van der Waals surface area contributed by atoms with E-state index < -0.39 is 0 Å². The summed E-state index contributed by atoms with van der Waals surface area (Å²) in [7, 11) is 1.90. The highest BCUT2D eigenvalue weighted by Gasteiger charge is 2.38. The van der Waals surface area contributed by atoms with Crippen molar-refractivity contribution in [2.24, 2.45) is 0 Å². The first-order valence-corrected chi connectivity index (χ1v) is 9.95. The molecule has 0 unspecified atom stereocenters. The molecule has 0 bridgehead atoms. The molecule has 0 spiro atoms. The third kappa shape index (κ3) is 5.88. The van der Waals surface area contributed by atoms with Crippen molar-refractivity contribution in [1.29, 1.82) is 0 Å². The van der Waals surface area contributed by atoms with Gasteiger partial charge in [0.15, 0.2) is 0 Å². The van der Waals surface area contributed by atoms with Crippen molar-refractivity contribution in [3.63, 3.8) is 0 Å². The number of hydrogen-bond donors (Lipinski definition) is 3. The van der Waals surface area contributed by atoms with Gasteiger partial charge in [0, 0.05) is 30.3 Å². The summed E-state index contributed by atoms with van der Waals surface area (Å²) in [6, 6.07) is 8.43. The number of hydrogen-bond acceptors (Lipinski definition) is 3. The van der Waals surface area contributed by atoms with Crippen molar-refractivity contribution in [2.75, 3.05) is 13.6 Å². The van der Waals surface area contributed by atoms with Crippen molar-refractivity contribution in [1.82, 2.24) is 16.0 Å². The fourth-order valence-corrected chi connectivity index (χ4v) is 3.32. The zero-order valence-electron chi connectivity index (χ0n) is 17.8. The highest BCUT2D eigenvalue weighted by molar-refractivity contribution is 5.98. The average Bonchev–Trinajstić information content (AvgIpc) is 3.35. The number of carbonyl (C=O) groups excluding carboxylic acids is 1.